The lowest BCUT2D eigenvalue weighted by Gasteiger charge is -2.19. The first kappa shape index (κ1) is 14.6. The number of hydrogen-bond acceptors (Lipinski definition) is 3. The zero-order valence-corrected chi connectivity index (χ0v) is 12.8. The molecule has 1 aromatic carbocycles. The van der Waals surface area contributed by atoms with Crippen molar-refractivity contribution < 1.29 is 0 Å². The molecule has 0 saturated heterocycles. The molecule has 4 heteroatoms. The van der Waals surface area contributed by atoms with E-state index in [0.717, 1.165) is 9.92 Å². The largest absolute Gasteiger partial charge is 0.382 e. The van der Waals surface area contributed by atoms with Gasteiger partial charge in [0.25, 0.3) is 0 Å². The number of nitrogens with two attached hydrogens (primary N) is 1. The van der Waals surface area contributed by atoms with E-state index in [0.29, 0.717) is 5.69 Å². The van der Waals surface area contributed by atoms with Crippen LogP contribution in [0.2, 0.25) is 0 Å². The maximum Gasteiger partial charge on any atom is 0.141 e. The summed E-state index contributed by atoms with van der Waals surface area (Å²) in [7, 11) is 0. The third-order valence-corrected chi connectivity index (χ3v) is 3.89. The summed E-state index contributed by atoms with van der Waals surface area (Å²) in [6, 6.07) is 14.1. The molecule has 0 saturated carbocycles. The van der Waals surface area contributed by atoms with Crippen LogP contribution in [0.25, 0.3) is 0 Å². The molecule has 0 aliphatic rings. The number of nitrogen functional groups attached to an aromatic ring is 1. The zero-order chi connectivity index (χ0) is 14.8. The third-order valence-electron chi connectivity index (χ3n) is 2.94. The normalized spacial score (nSPS) is 11.3. The predicted octanol–water partition coefficient (Wildman–Crippen LogP) is 3.81. The van der Waals surface area contributed by atoms with E-state index >= 15 is 0 Å². The molecule has 1 aromatic heterocycles. The summed E-state index contributed by atoms with van der Waals surface area (Å²) < 4.78 is 0. The SMILES string of the molecule is CC(C)(C)c1ccc(Sc2cccc(C(=N)N)n2)cc1. The van der Waals surface area contributed by atoms with Crippen LogP contribution < -0.4 is 5.73 Å². The van der Waals surface area contributed by atoms with Gasteiger partial charge in [-0.1, -0.05) is 50.7 Å². The van der Waals surface area contributed by atoms with Crippen LogP contribution in [0.5, 0.6) is 0 Å². The minimum absolute atomic E-state index is 0.00414. The number of nitrogens with zero attached hydrogens (tertiary/aromatic N) is 1. The molecule has 0 atom stereocenters. The molecule has 0 unspecified atom stereocenters. The summed E-state index contributed by atoms with van der Waals surface area (Å²) in [6.07, 6.45) is 0. The van der Waals surface area contributed by atoms with E-state index in [2.05, 4.69) is 50.0 Å². The fourth-order valence-electron chi connectivity index (χ4n) is 1.77. The minimum atomic E-state index is -0.00414. The van der Waals surface area contributed by atoms with Gasteiger partial charge in [-0.2, -0.15) is 0 Å². The van der Waals surface area contributed by atoms with Crippen LogP contribution in [0.15, 0.2) is 52.4 Å². The van der Waals surface area contributed by atoms with Gasteiger partial charge < -0.3 is 5.73 Å². The zero-order valence-electron chi connectivity index (χ0n) is 12.0. The molecule has 0 spiro atoms. The number of benzene rings is 1. The highest BCUT2D eigenvalue weighted by atomic mass is 32.2. The monoisotopic (exact) mass is 285 g/mol. The Morgan fingerprint density at radius 2 is 1.75 bits per heavy atom. The van der Waals surface area contributed by atoms with Crippen molar-refractivity contribution in [2.75, 3.05) is 0 Å². The van der Waals surface area contributed by atoms with Gasteiger partial charge in [-0.15, -0.1) is 0 Å². The Kier molecular flexibility index (Phi) is 4.14. The van der Waals surface area contributed by atoms with Crippen molar-refractivity contribution >= 4 is 17.6 Å². The van der Waals surface area contributed by atoms with E-state index in [9.17, 15) is 0 Å². The second kappa shape index (κ2) is 5.67. The van der Waals surface area contributed by atoms with Gasteiger partial charge in [0, 0.05) is 4.90 Å². The maximum absolute atomic E-state index is 7.41. The van der Waals surface area contributed by atoms with Crippen molar-refractivity contribution in [2.45, 2.75) is 36.1 Å². The Bertz CT molecular complexity index is 612. The Labute approximate surface area is 124 Å². The first-order chi connectivity index (χ1) is 9.36. The fourth-order valence-corrected chi connectivity index (χ4v) is 2.57. The Hall–Kier alpha value is -1.81. The first-order valence-electron chi connectivity index (χ1n) is 6.46. The summed E-state index contributed by atoms with van der Waals surface area (Å²) in [5, 5.41) is 8.26. The lowest BCUT2D eigenvalue weighted by atomic mass is 9.87. The topological polar surface area (TPSA) is 62.8 Å². The number of rotatable bonds is 3. The molecule has 0 amide bonds. The lowest BCUT2D eigenvalue weighted by molar-refractivity contribution is 0.590. The standard InChI is InChI=1S/C16H19N3S/c1-16(2,3)11-7-9-12(10-8-11)20-14-6-4-5-13(19-14)15(17)18/h4-10H,1-3H3,(H3,17,18). The van der Waals surface area contributed by atoms with E-state index in [1.807, 2.05) is 12.1 Å². The number of amidine groups is 1. The molecule has 3 nitrogen and oxygen atoms in total. The van der Waals surface area contributed by atoms with Crippen LogP contribution in [0.1, 0.15) is 32.0 Å². The summed E-state index contributed by atoms with van der Waals surface area (Å²) in [5.41, 5.74) is 7.45. The second-order valence-corrected chi connectivity index (χ2v) is 6.74. The van der Waals surface area contributed by atoms with Crippen LogP contribution in [0.4, 0.5) is 0 Å². The van der Waals surface area contributed by atoms with Gasteiger partial charge in [0.1, 0.15) is 16.6 Å². The second-order valence-electron chi connectivity index (χ2n) is 5.65. The third kappa shape index (κ3) is 3.61. The predicted molar refractivity (Wildman–Crippen MR) is 84.5 cm³/mol. The molecular weight excluding hydrogens is 266 g/mol. The van der Waals surface area contributed by atoms with Crippen molar-refractivity contribution in [3.05, 3.63) is 53.7 Å². The smallest absolute Gasteiger partial charge is 0.141 e. The number of nitrogens with one attached hydrogen (secondary N) is 1. The van der Waals surface area contributed by atoms with Gasteiger partial charge in [0.05, 0.1) is 0 Å². The average molecular weight is 285 g/mol. The number of hydrogen-bond donors (Lipinski definition) is 2. The molecule has 3 N–H and O–H groups in total. The fraction of sp³-hybridized carbons (Fsp3) is 0.250. The average Bonchev–Trinajstić information content (AvgIpc) is 2.38. The van der Waals surface area contributed by atoms with Gasteiger partial charge in [-0.05, 0) is 35.2 Å². The molecule has 0 aliphatic heterocycles. The lowest BCUT2D eigenvalue weighted by Crippen LogP contribution is -2.13. The molecule has 0 bridgehead atoms. The minimum Gasteiger partial charge on any atom is -0.382 e. The van der Waals surface area contributed by atoms with Crippen molar-refractivity contribution in [3.63, 3.8) is 0 Å². The molecule has 0 radical (unpaired) electrons. The van der Waals surface area contributed by atoms with Crippen LogP contribution in [0, 0.1) is 5.41 Å². The molecule has 2 rings (SSSR count). The van der Waals surface area contributed by atoms with Crippen molar-refractivity contribution in [1.29, 1.82) is 5.41 Å². The molecule has 1 heterocycles. The van der Waals surface area contributed by atoms with Gasteiger partial charge in [-0.3, -0.25) is 5.41 Å². The summed E-state index contributed by atoms with van der Waals surface area (Å²) in [6.45, 7) is 6.60. The van der Waals surface area contributed by atoms with Gasteiger partial charge >= 0.3 is 0 Å². The number of aromatic nitrogens is 1. The molecule has 0 fully saturated rings. The quantitative estimate of drug-likeness (QED) is 0.665. The van der Waals surface area contributed by atoms with Gasteiger partial charge in [-0.25, -0.2) is 4.98 Å². The molecule has 20 heavy (non-hydrogen) atoms. The highest BCUT2D eigenvalue weighted by Gasteiger charge is 2.13. The summed E-state index contributed by atoms with van der Waals surface area (Å²) in [4.78, 5) is 5.48. The van der Waals surface area contributed by atoms with E-state index < -0.39 is 0 Å². The Morgan fingerprint density at radius 1 is 1.10 bits per heavy atom. The maximum atomic E-state index is 7.41. The molecular formula is C16H19N3S. The highest BCUT2D eigenvalue weighted by Crippen LogP contribution is 2.29. The number of pyridine rings is 1. The van der Waals surface area contributed by atoms with Crippen molar-refractivity contribution in [3.8, 4) is 0 Å². The van der Waals surface area contributed by atoms with Crippen LogP contribution in [-0.2, 0) is 5.41 Å². The van der Waals surface area contributed by atoms with Crippen LogP contribution in [0.3, 0.4) is 0 Å². The van der Waals surface area contributed by atoms with Crippen LogP contribution in [-0.4, -0.2) is 10.8 Å². The van der Waals surface area contributed by atoms with E-state index in [1.54, 1.807) is 17.8 Å². The van der Waals surface area contributed by atoms with E-state index in [1.165, 1.54) is 5.56 Å². The van der Waals surface area contributed by atoms with Gasteiger partial charge in [0.15, 0.2) is 0 Å². The summed E-state index contributed by atoms with van der Waals surface area (Å²) >= 11 is 1.58. The van der Waals surface area contributed by atoms with Crippen molar-refractivity contribution in [1.82, 2.24) is 4.98 Å². The highest BCUT2D eigenvalue weighted by molar-refractivity contribution is 7.99. The molecule has 104 valence electrons. The Morgan fingerprint density at radius 3 is 2.30 bits per heavy atom. The molecule has 0 aliphatic carbocycles. The Balaban J connectivity index is 2.18. The molecule has 2 aromatic rings. The van der Waals surface area contributed by atoms with E-state index in [4.69, 9.17) is 11.1 Å². The van der Waals surface area contributed by atoms with Gasteiger partial charge in [0.2, 0.25) is 0 Å². The van der Waals surface area contributed by atoms with Crippen LogP contribution >= 0.6 is 11.8 Å². The van der Waals surface area contributed by atoms with Crippen molar-refractivity contribution in [2.24, 2.45) is 5.73 Å². The van der Waals surface area contributed by atoms with E-state index in [-0.39, 0.29) is 11.3 Å². The first-order valence-corrected chi connectivity index (χ1v) is 7.28. The summed E-state index contributed by atoms with van der Waals surface area (Å²) in [5.74, 6) is -0.00414.